The van der Waals surface area contributed by atoms with Gasteiger partial charge in [0.2, 0.25) is 11.8 Å². The summed E-state index contributed by atoms with van der Waals surface area (Å²) in [7, 11) is 0. The smallest absolute Gasteiger partial charge is 0.407 e. The number of likely N-dealkylation sites (tertiary alicyclic amines) is 1. The molecule has 182 valence electrons. The number of carboxylic acid groups (broad SMARTS) is 1. The van der Waals surface area contributed by atoms with Gasteiger partial charge in [-0.15, -0.1) is 0 Å². The third kappa shape index (κ3) is 9.77. The van der Waals surface area contributed by atoms with Crippen LogP contribution in [0, 0.1) is 0 Å². The Morgan fingerprint density at radius 2 is 1.91 bits per heavy atom. The Bertz CT molecular complexity index is 791. The Kier molecular flexibility index (Phi) is 10.9. The van der Waals surface area contributed by atoms with E-state index >= 15 is 0 Å². The average molecular weight is 464 g/mol. The zero-order chi connectivity index (χ0) is 24.1. The highest BCUT2D eigenvalue weighted by molar-refractivity contribution is 5.86. The zero-order valence-electron chi connectivity index (χ0n) is 18.6. The lowest BCUT2D eigenvalue weighted by atomic mass is 10.1. The molecule has 1 saturated heterocycles. The molecule has 2 unspecified atom stereocenters. The third-order valence-electron chi connectivity index (χ3n) is 5.38. The van der Waals surface area contributed by atoms with Crippen LogP contribution in [0.3, 0.4) is 0 Å². The number of rotatable bonds is 13. The van der Waals surface area contributed by atoms with E-state index in [0.29, 0.717) is 38.9 Å². The highest BCUT2D eigenvalue weighted by atomic mass is 16.5. The molecule has 1 aliphatic heterocycles. The van der Waals surface area contributed by atoms with Crippen molar-refractivity contribution in [3.8, 4) is 0 Å². The molecule has 1 aromatic rings. The standard InChI is InChI=1S/C22H33N5O6/c23-19(28)14-26-20(29)18(25-13-17-9-6-12-27(17)22(31)32)10-4-5-11-24-21(30)33-15-16-7-2-1-3-8-16/h1-3,7-8,17-18,25H,4-6,9-15H2,(H2,23,28)(H,24,30)(H,26,29)(H,31,32). The van der Waals surface area contributed by atoms with E-state index in [1.165, 1.54) is 4.90 Å². The van der Waals surface area contributed by atoms with Crippen LogP contribution in [-0.4, -0.2) is 72.3 Å². The van der Waals surface area contributed by atoms with Gasteiger partial charge >= 0.3 is 12.2 Å². The van der Waals surface area contributed by atoms with Crippen molar-refractivity contribution in [2.45, 2.75) is 50.8 Å². The van der Waals surface area contributed by atoms with Crippen LogP contribution in [0.15, 0.2) is 30.3 Å². The van der Waals surface area contributed by atoms with Gasteiger partial charge in [0.1, 0.15) is 6.61 Å². The molecule has 0 aromatic heterocycles. The molecule has 1 aliphatic rings. The monoisotopic (exact) mass is 463 g/mol. The van der Waals surface area contributed by atoms with Gasteiger partial charge in [-0.05, 0) is 37.7 Å². The van der Waals surface area contributed by atoms with Crippen LogP contribution in [0.25, 0.3) is 0 Å². The largest absolute Gasteiger partial charge is 0.465 e. The third-order valence-corrected chi connectivity index (χ3v) is 5.38. The maximum Gasteiger partial charge on any atom is 0.407 e. The molecule has 1 aromatic carbocycles. The maximum atomic E-state index is 12.5. The fraction of sp³-hybridized carbons (Fsp3) is 0.545. The SMILES string of the molecule is NC(=O)CNC(=O)C(CCCCNC(=O)OCc1ccccc1)NCC1CCCN1C(=O)O. The zero-order valence-corrected chi connectivity index (χ0v) is 18.6. The molecule has 2 atom stereocenters. The Morgan fingerprint density at radius 3 is 2.61 bits per heavy atom. The summed E-state index contributed by atoms with van der Waals surface area (Å²) in [5.41, 5.74) is 5.99. The maximum absolute atomic E-state index is 12.5. The number of nitrogens with zero attached hydrogens (tertiary/aromatic N) is 1. The minimum Gasteiger partial charge on any atom is -0.465 e. The van der Waals surface area contributed by atoms with Crippen molar-refractivity contribution in [3.05, 3.63) is 35.9 Å². The second kappa shape index (κ2) is 13.9. The number of ether oxygens (including phenoxy) is 1. The Hall–Kier alpha value is -3.34. The molecule has 2 rings (SSSR count). The minimum atomic E-state index is -0.973. The first-order chi connectivity index (χ1) is 15.9. The number of carbonyl (C=O) groups is 4. The predicted octanol–water partition coefficient (Wildman–Crippen LogP) is 0.785. The highest BCUT2D eigenvalue weighted by Crippen LogP contribution is 2.17. The van der Waals surface area contributed by atoms with Crippen molar-refractivity contribution in [1.82, 2.24) is 20.9 Å². The summed E-state index contributed by atoms with van der Waals surface area (Å²) in [6.07, 6.45) is 1.71. The molecule has 0 saturated carbocycles. The van der Waals surface area contributed by atoms with Crippen molar-refractivity contribution in [2.24, 2.45) is 5.73 Å². The molecule has 6 N–H and O–H groups in total. The number of unbranched alkanes of at least 4 members (excludes halogenated alkanes) is 1. The molecular weight excluding hydrogens is 430 g/mol. The average Bonchev–Trinajstić information content (AvgIpc) is 3.27. The Morgan fingerprint density at radius 1 is 1.15 bits per heavy atom. The van der Waals surface area contributed by atoms with Crippen LogP contribution in [0.2, 0.25) is 0 Å². The lowest BCUT2D eigenvalue weighted by Crippen LogP contribution is -2.50. The lowest BCUT2D eigenvalue weighted by molar-refractivity contribution is -0.126. The van der Waals surface area contributed by atoms with Crippen LogP contribution in [0.4, 0.5) is 9.59 Å². The van der Waals surface area contributed by atoms with E-state index < -0.39 is 24.1 Å². The van der Waals surface area contributed by atoms with Crippen molar-refractivity contribution in [2.75, 3.05) is 26.2 Å². The molecule has 0 radical (unpaired) electrons. The molecule has 1 fully saturated rings. The molecule has 33 heavy (non-hydrogen) atoms. The number of carbonyl (C=O) groups excluding carboxylic acids is 3. The van der Waals surface area contributed by atoms with Crippen LogP contribution in [0.5, 0.6) is 0 Å². The van der Waals surface area contributed by atoms with Gasteiger partial charge in [-0.25, -0.2) is 9.59 Å². The molecule has 0 bridgehead atoms. The van der Waals surface area contributed by atoms with Crippen molar-refractivity contribution in [1.29, 1.82) is 0 Å². The van der Waals surface area contributed by atoms with Gasteiger partial charge in [0.15, 0.2) is 0 Å². The van der Waals surface area contributed by atoms with E-state index in [2.05, 4.69) is 16.0 Å². The van der Waals surface area contributed by atoms with Crippen molar-refractivity contribution < 1.29 is 29.0 Å². The van der Waals surface area contributed by atoms with E-state index in [9.17, 15) is 24.3 Å². The summed E-state index contributed by atoms with van der Waals surface area (Å²) in [6.45, 7) is 1.12. The molecule has 11 nitrogen and oxygen atoms in total. The van der Waals surface area contributed by atoms with Crippen LogP contribution in [-0.2, 0) is 20.9 Å². The normalized spacial score (nSPS) is 16.1. The summed E-state index contributed by atoms with van der Waals surface area (Å²) < 4.78 is 5.15. The highest BCUT2D eigenvalue weighted by Gasteiger charge is 2.29. The van der Waals surface area contributed by atoms with Gasteiger partial charge in [-0.1, -0.05) is 30.3 Å². The Labute approximate surface area is 193 Å². The topological polar surface area (TPSA) is 163 Å². The van der Waals surface area contributed by atoms with E-state index in [4.69, 9.17) is 10.5 Å². The fourth-order valence-corrected chi connectivity index (χ4v) is 3.64. The Balaban J connectivity index is 1.72. The van der Waals surface area contributed by atoms with Gasteiger partial charge in [-0.3, -0.25) is 9.59 Å². The summed E-state index contributed by atoms with van der Waals surface area (Å²) in [6, 6.07) is 8.55. The summed E-state index contributed by atoms with van der Waals surface area (Å²) in [4.78, 5) is 47.9. The first kappa shape index (κ1) is 25.9. The number of nitrogens with one attached hydrogen (secondary N) is 3. The second-order valence-electron chi connectivity index (χ2n) is 7.90. The first-order valence-electron chi connectivity index (χ1n) is 11.1. The summed E-state index contributed by atoms with van der Waals surface area (Å²) >= 11 is 0. The fourth-order valence-electron chi connectivity index (χ4n) is 3.64. The molecule has 0 spiro atoms. The first-order valence-corrected chi connectivity index (χ1v) is 11.1. The van der Waals surface area contributed by atoms with E-state index in [-0.39, 0.29) is 25.1 Å². The number of primary amides is 1. The summed E-state index contributed by atoms with van der Waals surface area (Å²) in [5, 5.41) is 17.6. The number of hydrogen-bond donors (Lipinski definition) is 5. The number of alkyl carbamates (subject to hydrolysis) is 1. The van der Waals surface area contributed by atoms with Crippen LogP contribution >= 0.6 is 0 Å². The van der Waals surface area contributed by atoms with Crippen LogP contribution in [0.1, 0.15) is 37.7 Å². The van der Waals surface area contributed by atoms with Gasteiger partial charge in [0.05, 0.1) is 12.6 Å². The molecular formula is C22H33N5O6. The number of hydrogen-bond acceptors (Lipinski definition) is 6. The van der Waals surface area contributed by atoms with E-state index in [1.807, 2.05) is 30.3 Å². The molecule has 0 aliphatic carbocycles. The summed E-state index contributed by atoms with van der Waals surface area (Å²) in [5.74, 6) is -1.02. The lowest BCUT2D eigenvalue weighted by Gasteiger charge is -2.25. The van der Waals surface area contributed by atoms with Gasteiger partial charge in [0.25, 0.3) is 0 Å². The van der Waals surface area contributed by atoms with E-state index in [1.54, 1.807) is 0 Å². The van der Waals surface area contributed by atoms with Crippen molar-refractivity contribution >= 4 is 24.0 Å². The number of nitrogens with two attached hydrogens (primary N) is 1. The molecule has 11 heteroatoms. The van der Waals surface area contributed by atoms with Gasteiger partial charge in [0, 0.05) is 25.7 Å². The number of benzene rings is 1. The number of amides is 4. The van der Waals surface area contributed by atoms with Gasteiger partial charge in [-0.2, -0.15) is 0 Å². The molecule has 4 amide bonds. The second-order valence-corrected chi connectivity index (χ2v) is 7.90. The van der Waals surface area contributed by atoms with E-state index in [0.717, 1.165) is 18.4 Å². The van der Waals surface area contributed by atoms with Crippen LogP contribution < -0.4 is 21.7 Å². The predicted molar refractivity (Wildman–Crippen MR) is 120 cm³/mol. The molecule has 1 heterocycles. The quantitative estimate of drug-likeness (QED) is 0.270. The van der Waals surface area contributed by atoms with Crippen molar-refractivity contribution in [3.63, 3.8) is 0 Å². The minimum absolute atomic E-state index is 0.188. The van der Waals surface area contributed by atoms with Gasteiger partial charge < -0.3 is 36.4 Å².